The van der Waals surface area contributed by atoms with Gasteiger partial charge in [-0.1, -0.05) is 159 Å². The number of aliphatic carboxylic acids is 1. The Kier molecular flexibility index (Phi) is 39.8. The molecule has 1 unspecified atom stereocenters. The number of allylic oxidation sites excluding steroid dienone is 6. The fourth-order valence-corrected chi connectivity index (χ4v) is 6.99. The summed E-state index contributed by atoms with van der Waals surface area (Å²) in [4.78, 5) is 46.0. The molecule has 0 amide bonds. The zero-order chi connectivity index (χ0) is 42.8. The second kappa shape index (κ2) is 41.4. The topological polar surface area (TPSA) is 172 Å². The van der Waals surface area contributed by atoms with E-state index in [-0.39, 0.29) is 19.4 Å². The number of carboxylic acid groups (broad SMARTS) is 1. The van der Waals surface area contributed by atoms with Gasteiger partial charge in [0.25, 0.3) is 0 Å². The summed E-state index contributed by atoms with van der Waals surface area (Å²) >= 11 is 0. The van der Waals surface area contributed by atoms with Crippen LogP contribution in [0.4, 0.5) is 0 Å². The van der Waals surface area contributed by atoms with Crippen molar-refractivity contribution < 1.29 is 47.5 Å². The highest BCUT2D eigenvalue weighted by Gasteiger charge is 2.28. The van der Waals surface area contributed by atoms with Crippen molar-refractivity contribution in [2.45, 2.75) is 219 Å². The average molecular weight is 842 g/mol. The summed E-state index contributed by atoms with van der Waals surface area (Å²) in [6.07, 6.45) is 44.9. The fraction of sp³-hybridized carbons (Fsp3) is 0.804. The largest absolute Gasteiger partial charge is 0.480 e. The number of hydrogen-bond acceptors (Lipinski definition) is 9. The smallest absolute Gasteiger partial charge is 0.472 e. The lowest BCUT2D eigenvalue weighted by molar-refractivity contribution is -0.161. The molecule has 338 valence electrons. The van der Waals surface area contributed by atoms with Crippen LogP contribution in [0.3, 0.4) is 0 Å². The van der Waals surface area contributed by atoms with Gasteiger partial charge in [-0.25, -0.2) is 4.57 Å². The van der Waals surface area contributed by atoms with Crippen LogP contribution in [0, 0.1) is 0 Å². The lowest BCUT2D eigenvalue weighted by Gasteiger charge is -2.20. The number of nitrogens with two attached hydrogens (primary N) is 1. The quantitative estimate of drug-likeness (QED) is 0.0231. The third-order valence-corrected chi connectivity index (χ3v) is 10.8. The van der Waals surface area contributed by atoms with Crippen LogP contribution in [0.15, 0.2) is 36.5 Å². The van der Waals surface area contributed by atoms with E-state index >= 15 is 0 Å². The van der Waals surface area contributed by atoms with Gasteiger partial charge >= 0.3 is 25.7 Å². The second-order valence-electron chi connectivity index (χ2n) is 15.5. The molecular weight excluding hydrogens is 757 g/mol. The van der Waals surface area contributed by atoms with Gasteiger partial charge in [0.1, 0.15) is 12.6 Å². The van der Waals surface area contributed by atoms with Gasteiger partial charge in [-0.15, -0.1) is 0 Å². The Morgan fingerprint density at radius 2 is 0.914 bits per heavy atom. The molecule has 3 atom stereocenters. The van der Waals surface area contributed by atoms with Gasteiger partial charge in [-0.3, -0.25) is 23.4 Å². The van der Waals surface area contributed by atoms with E-state index in [2.05, 4.69) is 54.8 Å². The van der Waals surface area contributed by atoms with Gasteiger partial charge in [0.05, 0.1) is 13.2 Å². The number of carboxylic acids is 1. The minimum absolute atomic E-state index is 0.156. The van der Waals surface area contributed by atoms with Crippen molar-refractivity contribution in [1.29, 1.82) is 0 Å². The minimum atomic E-state index is -4.72. The summed E-state index contributed by atoms with van der Waals surface area (Å²) in [5, 5.41) is 8.90. The third-order valence-electron chi connectivity index (χ3n) is 9.86. The SMILES string of the molecule is CCCCC/C=C/C/C=C/CCCCCCCC(=O)OC[C@H](COP(=O)(O)OC[C@H](N)C(=O)O)OC(=O)CCCCCCCCCCC/C=C/CCCCCCCC. The third kappa shape index (κ3) is 40.5. The molecule has 0 spiro atoms. The number of carbonyl (C=O) groups is 3. The van der Waals surface area contributed by atoms with Crippen LogP contribution < -0.4 is 5.73 Å². The number of ether oxygens (including phenoxy) is 2. The maximum absolute atomic E-state index is 12.6. The Bertz CT molecular complexity index is 1130. The summed E-state index contributed by atoms with van der Waals surface area (Å²) in [5.41, 5.74) is 5.34. The van der Waals surface area contributed by atoms with Gasteiger partial charge in [0, 0.05) is 12.8 Å². The molecule has 11 nitrogen and oxygen atoms in total. The number of esters is 2. The van der Waals surface area contributed by atoms with Crippen molar-refractivity contribution in [3.63, 3.8) is 0 Å². The Morgan fingerprint density at radius 3 is 1.40 bits per heavy atom. The average Bonchev–Trinajstić information content (AvgIpc) is 3.20. The molecule has 0 bridgehead atoms. The second-order valence-corrected chi connectivity index (χ2v) is 17.0. The van der Waals surface area contributed by atoms with Gasteiger partial charge < -0.3 is 25.2 Å². The molecule has 12 heteroatoms. The lowest BCUT2D eigenvalue weighted by atomic mass is 10.1. The summed E-state index contributed by atoms with van der Waals surface area (Å²) in [6, 6.07) is -1.52. The summed E-state index contributed by atoms with van der Waals surface area (Å²) < 4.78 is 32.7. The first-order valence-corrected chi connectivity index (χ1v) is 24.5. The zero-order valence-electron chi connectivity index (χ0n) is 36.6. The normalized spacial score (nSPS) is 14.0. The number of phosphoric acid groups is 1. The highest BCUT2D eigenvalue weighted by molar-refractivity contribution is 7.47. The number of hydrogen-bond donors (Lipinski definition) is 3. The first kappa shape index (κ1) is 55.7. The van der Waals surface area contributed by atoms with Gasteiger partial charge in [0.15, 0.2) is 6.10 Å². The molecule has 0 aliphatic carbocycles. The molecule has 0 aromatic heterocycles. The van der Waals surface area contributed by atoms with E-state index in [9.17, 15) is 23.8 Å². The van der Waals surface area contributed by atoms with E-state index < -0.39 is 51.1 Å². The molecule has 0 saturated heterocycles. The van der Waals surface area contributed by atoms with Crippen molar-refractivity contribution in [3.8, 4) is 0 Å². The van der Waals surface area contributed by atoms with Crippen molar-refractivity contribution >= 4 is 25.7 Å². The molecule has 0 heterocycles. The maximum Gasteiger partial charge on any atom is 0.472 e. The van der Waals surface area contributed by atoms with E-state index in [4.69, 9.17) is 24.8 Å². The minimum Gasteiger partial charge on any atom is -0.480 e. The van der Waals surface area contributed by atoms with Crippen LogP contribution in [0.5, 0.6) is 0 Å². The Balaban J connectivity index is 4.33. The Hall–Kier alpha value is -2.30. The fourth-order valence-electron chi connectivity index (χ4n) is 6.21. The highest BCUT2D eigenvalue weighted by Crippen LogP contribution is 2.43. The van der Waals surface area contributed by atoms with Crippen LogP contribution in [0.2, 0.25) is 0 Å². The summed E-state index contributed by atoms with van der Waals surface area (Å²) in [5.74, 6) is -2.39. The monoisotopic (exact) mass is 842 g/mol. The number of phosphoric ester groups is 1. The van der Waals surface area contributed by atoms with E-state index in [1.165, 1.54) is 103 Å². The molecular formula is C46H84NO10P. The van der Waals surface area contributed by atoms with Gasteiger partial charge in [0.2, 0.25) is 0 Å². The summed E-state index contributed by atoms with van der Waals surface area (Å²) in [6.45, 7) is 2.77. The number of rotatable bonds is 43. The molecule has 0 fully saturated rings. The molecule has 0 aromatic carbocycles. The van der Waals surface area contributed by atoms with E-state index in [1.54, 1.807) is 0 Å². The highest BCUT2D eigenvalue weighted by atomic mass is 31.2. The molecule has 58 heavy (non-hydrogen) atoms. The van der Waals surface area contributed by atoms with Crippen LogP contribution in [0.1, 0.15) is 206 Å². The number of unbranched alkanes of at least 4 members (excludes halogenated alkanes) is 23. The Morgan fingerprint density at radius 1 is 0.534 bits per heavy atom. The van der Waals surface area contributed by atoms with E-state index in [0.717, 1.165) is 64.2 Å². The first-order valence-electron chi connectivity index (χ1n) is 23.0. The van der Waals surface area contributed by atoms with Crippen molar-refractivity contribution in [3.05, 3.63) is 36.5 Å². The van der Waals surface area contributed by atoms with Crippen LogP contribution in [-0.2, 0) is 37.5 Å². The maximum atomic E-state index is 12.6. The molecule has 4 N–H and O–H groups in total. The number of carbonyl (C=O) groups excluding carboxylic acids is 2. The summed E-state index contributed by atoms with van der Waals surface area (Å²) in [7, 11) is -4.72. The predicted molar refractivity (Wildman–Crippen MR) is 235 cm³/mol. The van der Waals surface area contributed by atoms with Gasteiger partial charge in [-0.2, -0.15) is 0 Å². The Labute approximate surface area is 353 Å². The van der Waals surface area contributed by atoms with Crippen molar-refractivity contribution in [1.82, 2.24) is 0 Å². The zero-order valence-corrected chi connectivity index (χ0v) is 37.5. The van der Waals surface area contributed by atoms with Crippen molar-refractivity contribution in [2.24, 2.45) is 5.73 Å². The van der Waals surface area contributed by atoms with E-state index in [1.807, 2.05) is 0 Å². The molecule has 0 rings (SSSR count). The molecule has 0 aliphatic heterocycles. The molecule has 0 saturated carbocycles. The molecule has 0 radical (unpaired) electrons. The van der Waals surface area contributed by atoms with Gasteiger partial charge in [-0.05, 0) is 70.6 Å². The van der Waals surface area contributed by atoms with Crippen molar-refractivity contribution in [2.75, 3.05) is 19.8 Å². The first-order chi connectivity index (χ1) is 28.1. The standard InChI is InChI=1S/C46H84NO10P/c1-3-5-7-9-11-13-15-17-19-20-21-22-24-26-28-30-32-34-36-38-45(49)57-42(40-55-58(52,53)56-41-43(47)46(50)51)39-54-44(48)37-35-33-31-29-27-25-23-18-16-14-12-10-8-6-4-2/h12,14,17-19,23,42-43H,3-11,13,15-16,20-22,24-41,47H2,1-2H3,(H,50,51)(H,52,53)/b14-12+,19-17+,23-18+/t42-,43+/m1/s1. The van der Waals surface area contributed by atoms with Crippen LogP contribution >= 0.6 is 7.82 Å². The molecule has 0 aliphatic rings. The van der Waals surface area contributed by atoms with E-state index in [0.29, 0.717) is 12.8 Å². The predicted octanol–water partition coefficient (Wildman–Crippen LogP) is 12.4. The van der Waals surface area contributed by atoms with Crippen LogP contribution in [-0.4, -0.2) is 59.9 Å². The molecule has 0 aromatic rings. The van der Waals surface area contributed by atoms with Crippen LogP contribution in [0.25, 0.3) is 0 Å². The lowest BCUT2D eigenvalue weighted by Crippen LogP contribution is -2.34.